The highest BCUT2D eigenvalue weighted by atomic mass is 16.5. The first kappa shape index (κ1) is 20.6. The number of piperidine rings is 1. The largest absolute Gasteiger partial charge is 0.465 e. The molecule has 0 saturated carbocycles. The topological polar surface area (TPSA) is 103 Å². The van der Waals surface area contributed by atoms with Gasteiger partial charge in [0, 0.05) is 24.8 Å². The molecule has 1 aliphatic rings. The molecule has 1 atom stereocenters. The Labute approximate surface area is 170 Å². The minimum Gasteiger partial charge on any atom is -0.465 e. The number of benzene rings is 1. The Kier molecular flexibility index (Phi) is 6.62. The Balaban J connectivity index is 2.09. The molecule has 1 aromatic heterocycles. The number of hydrogen-bond donors (Lipinski definition) is 2. The Morgan fingerprint density at radius 1 is 1.38 bits per heavy atom. The third-order valence-electron chi connectivity index (χ3n) is 5.00. The van der Waals surface area contributed by atoms with Crippen molar-refractivity contribution in [2.45, 2.75) is 32.2 Å². The normalized spacial score (nSPS) is 16.2. The van der Waals surface area contributed by atoms with Crippen molar-refractivity contribution in [1.29, 1.82) is 5.26 Å². The second-order valence-corrected chi connectivity index (χ2v) is 7.09. The number of carbonyl (C=O) groups excluding carboxylic acids is 1. The van der Waals surface area contributed by atoms with Gasteiger partial charge in [-0.2, -0.15) is 10.2 Å². The lowest BCUT2D eigenvalue weighted by Crippen LogP contribution is -2.46. The van der Waals surface area contributed by atoms with Crippen molar-refractivity contribution in [1.82, 2.24) is 15.3 Å². The summed E-state index contributed by atoms with van der Waals surface area (Å²) in [4.78, 5) is 23.6. The first-order valence-electron chi connectivity index (χ1n) is 9.72. The Hall–Kier alpha value is -3.18. The zero-order valence-corrected chi connectivity index (χ0v) is 17.0. The van der Waals surface area contributed by atoms with E-state index in [9.17, 15) is 10.1 Å². The van der Waals surface area contributed by atoms with E-state index < -0.39 is 5.97 Å². The van der Waals surface area contributed by atoms with Gasteiger partial charge in [0.2, 0.25) is 5.95 Å². The van der Waals surface area contributed by atoms with Crippen LogP contribution in [0.4, 0.5) is 17.5 Å². The number of methoxy groups -OCH3 is 1. The second-order valence-electron chi connectivity index (χ2n) is 7.09. The van der Waals surface area contributed by atoms with Crippen LogP contribution in [0, 0.1) is 18.3 Å². The monoisotopic (exact) mass is 394 g/mol. The molecule has 3 rings (SSSR count). The van der Waals surface area contributed by atoms with Crippen LogP contribution in [0.25, 0.3) is 0 Å². The number of likely N-dealkylation sites (N-methyl/N-ethyl adjacent to an activating group) is 1. The highest BCUT2D eigenvalue weighted by molar-refractivity contribution is 5.97. The number of esters is 1. The van der Waals surface area contributed by atoms with Crippen LogP contribution in [0.1, 0.15) is 40.9 Å². The molecule has 0 bridgehead atoms. The van der Waals surface area contributed by atoms with Crippen molar-refractivity contribution in [3.63, 3.8) is 0 Å². The van der Waals surface area contributed by atoms with E-state index in [1.54, 1.807) is 0 Å². The molecule has 152 valence electrons. The zero-order chi connectivity index (χ0) is 20.8. The summed E-state index contributed by atoms with van der Waals surface area (Å²) in [7, 11) is 3.20. The van der Waals surface area contributed by atoms with Crippen LogP contribution in [0.2, 0.25) is 0 Å². The summed E-state index contributed by atoms with van der Waals surface area (Å²) in [6.45, 7) is 3.58. The summed E-state index contributed by atoms with van der Waals surface area (Å²) in [6.07, 6.45) is 3.19. The Bertz CT molecular complexity index is 922. The Morgan fingerprint density at radius 2 is 2.21 bits per heavy atom. The van der Waals surface area contributed by atoms with Gasteiger partial charge in [0.1, 0.15) is 11.6 Å². The van der Waals surface area contributed by atoms with Crippen molar-refractivity contribution >= 4 is 23.4 Å². The molecule has 0 spiro atoms. The number of carbonyl (C=O) groups is 1. The van der Waals surface area contributed by atoms with E-state index in [0.717, 1.165) is 43.6 Å². The first-order valence-corrected chi connectivity index (χ1v) is 9.72. The molecular weight excluding hydrogens is 368 g/mol. The Morgan fingerprint density at radius 3 is 2.90 bits per heavy atom. The summed E-state index contributed by atoms with van der Waals surface area (Å²) in [5, 5.41) is 16.1. The lowest BCUT2D eigenvalue weighted by molar-refractivity contribution is 0.0600. The summed E-state index contributed by atoms with van der Waals surface area (Å²) in [5.41, 5.74) is 1.89. The molecule has 1 fully saturated rings. The summed E-state index contributed by atoms with van der Waals surface area (Å²) in [6, 6.07) is 9.99. The standard InChI is InChI=1S/C21H26N6O2/c1-14-7-6-8-15(11-14)24-19-18(20(28)29-3)17(12-22)25-21(26-19)27-10-5-4-9-16(27)13-23-2/h6-8,11,16,23H,4-5,9-10,13H2,1-3H3,(H,24,25,26). The van der Waals surface area contributed by atoms with E-state index in [4.69, 9.17) is 4.74 Å². The van der Waals surface area contributed by atoms with E-state index in [-0.39, 0.29) is 23.1 Å². The molecule has 8 nitrogen and oxygen atoms in total. The second kappa shape index (κ2) is 9.34. The van der Waals surface area contributed by atoms with Crippen LogP contribution in [0.5, 0.6) is 0 Å². The van der Waals surface area contributed by atoms with Gasteiger partial charge in [-0.25, -0.2) is 9.78 Å². The van der Waals surface area contributed by atoms with Crippen LogP contribution in [-0.4, -0.2) is 49.2 Å². The maximum Gasteiger partial charge on any atom is 0.344 e. The zero-order valence-electron chi connectivity index (χ0n) is 17.0. The summed E-state index contributed by atoms with van der Waals surface area (Å²) >= 11 is 0. The van der Waals surface area contributed by atoms with E-state index in [0.29, 0.717) is 5.95 Å². The van der Waals surface area contributed by atoms with Gasteiger partial charge in [-0.05, 0) is 50.9 Å². The number of hydrogen-bond acceptors (Lipinski definition) is 8. The van der Waals surface area contributed by atoms with Crippen LogP contribution in [0.15, 0.2) is 24.3 Å². The van der Waals surface area contributed by atoms with Gasteiger partial charge in [0.05, 0.1) is 7.11 Å². The number of ether oxygens (including phenoxy) is 1. The fourth-order valence-electron chi connectivity index (χ4n) is 3.62. The highest BCUT2D eigenvalue weighted by Crippen LogP contribution is 2.28. The minimum absolute atomic E-state index is 0.00536. The molecule has 1 saturated heterocycles. The first-order chi connectivity index (χ1) is 14.1. The maximum absolute atomic E-state index is 12.4. The van der Waals surface area contributed by atoms with Gasteiger partial charge in [0.25, 0.3) is 0 Å². The van der Waals surface area contributed by atoms with Crippen LogP contribution in [-0.2, 0) is 4.74 Å². The molecule has 1 unspecified atom stereocenters. The molecule has 2 heterocycles. The third kappa shape index (κ3) is 4.63. The van der Waals surface area contributed by atoms with Crippen molar-refractivity contribution < 1.29 is 9.53 Å². The molecule has 0 aliphatic carbocycles. The molecule has 2 aromatic rings. The summed E-state index contributed by atoms with van der Waals surface area (Å²) < 4.78 is 4.89. The predicted molar refractivity (Wildman–Crippen MR) is 111 cm³/mol. The number of anilines is 3. The van der Waals surface area contributed by atoms with E-state index in [1.165, 1.54) is 7.11 Å². The van der Waals surface area contributed by atoms with E-state index in [2.05, 4.69) is 25.5 Å². The van der Waals surface area contributed by atoms with E-state index in [1.807, 2.05) is 44.3 Å². The average Bonchev–Trinajstić information content (AvgIpc) is 2.73. The van der Waals surface area contributed by atoms with Gasteiger partial charge >= 0.3 is 5.97 Å². The lowest BCUT2D eigenvalue weighted by Gasteiger charge is -2.36. The van der Waals surface area contributed by atoms with Crippen molar-refractivity contribution in [2.24, 2.45) is 0 Å². The van der Waals surface area contributed by atoms with Crippen LogP contribution >= 0.6 is 0 Å². The van der Waals surface area contributed by atoms with Gasteiger partial charge in [-0.15, -0.1) is 0 Å². The van der Waals surface area contributed by atoms with Crippen LogP contribution < -0.4 is 15.5 Å². The average molecular weight is 394 g/mol. The fraction of sp³-hybridized carbons (Fsp3) is 0.429. The highest BCUT2D eigenvalue weighted by Gasteiger charge is 2.28. The molecule has 1 aliphatic heterocycles. The molecule has 0 amide bonds. The molecule has 1 aromatic carbocycles. The van der Waals surface area contributed by atoms with Crippen molar-refractivity contribution in [3.05, 3.63) is 41.1 Å². The minimum atomic E-state index is -0.645. The number of nitrogens with one attached hydrogen (secondary N) is 2. The molecular formula is C21H26N6O2. The molecule has 29 heavy (non-hydrogen) atoms. The van der Waals surface area contributed by atoms with Gasteiger partial charge in [-0.1, -0.05) is 12.1 Å². The third-order valence-corrected chi connectivity index (χ3v) is 5.00. The molecule has 8 heteroatoms. The van der Waals surface area contributed by atoms with Gasteiger partial charge < -0.3 is 20.3 Å². The predicted octanol–water partition coefficient (Wildman–Crippen LogP) is 2.77. The van der Waals surface area contributed by atoms with Crippen molar-refractivity contribution in [3.8, 4) is 6.07 Å². The number of nitrogens with zero attached hydrogens (tertiary/aromatic N) is 4. The number of aryl methyl sites for hydroxylation is 1. The SMILES string of the molecule is CNCC1CCCCN1c1nc(C#N)c(C(=O)OC)c(Nc2cccc(C)c2)n1. The van der Waals surface area contributed by atoms with Crippen LogP contribution in [0.3, 0.4) is 0 Å². The fourth-order valence-corrected chi connectivity index (χ4v) is 3.62. The van der Waals surface area contributed by atoms with Gasteiger partial charge in [-0.3, -0.25) is 0 Å². The number of nitriles is 1. The van der Waals surface area contributed by atoms with Gasteiger partial charge in [0.15, 0.2) is 11.5 Å². The smallest absolute Gasteiger partial charge is 0.344 e. The maximum atomic E-state index is 12.4. The lowest BCUT2D eigenvalue weighted by atomic mass is 10.0. The van der Waals surface area contributed by atoms with E-state index >= 15 is 0 Å². The molecule has 2 N–H and O–H groups in total. The summed E-state index contributed by atoms with van der Waals surface area (Å²) in [5.74, 6) is 0.0794. The number of rotatable bonds is 6. The quantitative estimate of drug-likeness (QED) is 0.721. The van der Waals surface area contributed by atoms with Crippen molar-refractivity contribution in [2.75, 3.05) is 37.5 Å². The number of aromatic nitrogens is 2. The molecule has 0 radical (unpaired) electrons.